The fourth-order valence-corrected chi connectivity index (χ4v) is 1.39. The number of benzene rings is 1. The van der Waals surface area contributed by atoms with Crippen LogP contribution >= 0.6 is 11.6 Å². The van der Waals surface area contributed by atoms with Crippen molar-refractivity contribution in [2.75, 3.05) is 5.73 Å². The minimum atomic E-state index is -0.291. The van der Waals surface area contributed by atoms with Crippen LogP contribution < -0.4 is 5.73 Å². The summed E-state index contributed by atoms with van der Waals surface area (Å²) in [5.74, 6) is -0.291. The average molecular weight is 223 g/mol. The molecule has 0 bridgehead atoms. The van der Waals surface area contributed by atoms with Gasteiger partial charge in [-0.2, -0.15) is 0 Å². The summed E-state index contributed by atoms with van der Waals surface area (Å²) in [5.41, 5.74) is 7.47. The quantitative estimate of drug-likeness (QED) is 0.753. The molecule has 1 aromatic carbocycles. The third kappa shape index (κ3) is 2.07. The maximum absolute atomic E-state index is 13.0. The highest BCUT2D eigenvalue weighted by atomic mass is 35.5. The molecule has 0 saturated carbocycles. The average Bonchev–Trinajstić information content (AvgIpc) is 2.22. The number of nitrogen functional groups attached to an aromatic ring is 1. The summed E-state index contributed by atoms with van der Waals surface area (Å²) in [7, 11) is 0. The van der Waals surface area contributed by atoms with Crippen molar-refractivity contribution in [3.05, 3.63) is 47.5 Å². The molecular weight excluding hydrogens is 215 g/mol. The van der Waals surface area contributed by atoms with Crippen molar-refractivity contribution in [2.24, 2.45) is 0 Å². The highest BCUT2D eigenvalue weighted by molar-refractivity contribution is 6.31. The first-order chi connectivity index (χ1) is 7.16. The van der Waals surface area contributed by atoms with E-state index in [0.29, 0.717) is 5.69 Å². The number of rotatable bonds is 1. The molecular formula is C11H8ClFN2. The lowest BCUT2D eigenvalue weighted by Crippen LogP contribution is -1.90. The molecule has 0 saturated heterocycles. The van der Waals surface area contributed by atoms with Crippen molar-refractivity contribution < 1.29 is 4.39 Å². The summed E-state index contributed by atoms with van der Waals surface area (Å²) in [4.78, 5) is 3.90. The van der Waals surface area contributed by atoms with Gasteiger partial charge in [-0.15, -0.1) is 0 Å². The van der Waals surface area contributed by atoms with E-state index in [0.717, 1.165) is 11.1 Å². The maximum Gasteiger partial charge on any atom is 0.151 e. The number of hydrogen-bond donors (Lipinski definition) is 1. The lowest BCUT2D eigenvalue weighted by Gasteiger charge is -2.03. The number of hydrogen-bond acceptors (Lipinski definition) is 2. The van der Waals surface area contributed by atoms with E-state index >= 15 is 0 Å². The van der Waals surface area contributed by atoms with Crippen molar-refractivity contribution in [2.45, 2.75) is 0 Å². The molecule has 0 fully saturated rings. The molecule has 15 heavy (non-hydrogen) atoms. The van der Waals surface area contributed by atoms with Crippen LogP contribution in [-0.4, -0.2) is 4.98 Å². The molecule has 76 valence electrons. The molecule has 2 aromatic rings. The topological polar surface area (TPSA) is 38.9 Å². The SMILES string of the molecule is Nc1cc(-c2cccc(F)c2)cnc1Cl. The van der Waals surface area contributed by atoms with Gasteiger partial charge in [-0.05, 0) is 23.8 Å². The Labute approximate surface area is 91.5 Å². The van der Waals surface area contributed by atoms with Gasteiger partial charge >= 0.3 is 0 Å². The van der Waals surface area contributed by atoms with E-state index < -0.39 is 0 Å². The van der Waals surface area contributed by atoms with Crippen LogP contribution in [0.5, 0.6) is 0 Å². The molecule has 0 radical (unpaired) electrons. The Morgan fingerprint density at radius 3 is 2.67 bits per heavy atom. The standard InChI is InChI=1S/C11H8ClFN2/c12-11-10(14)5-8(6-15-11)7-2-1-3-9(13)4-7/h1-6H,14H2. The molecule has 0 aliphatic carbocycles. The monoisotopic (exact) mass is 222 g/mol. The van der Waals surface area contributed by atoms with E-state index in [1.54, 1.807) is 24.4 Å². The van der Waals surface area contributed by atoms with Gasteiger partial charge in [0.1, 0.15) is 5.82 Å². The van der Waals surface area contributed by atoms with E-state index in [2.05, 4.69) is 4.98 Å². The minimum Gasteiger partial charge on any atom is -0.396 e. The van der Waals surface area contributed by atoms with Gasteiger partial charge in [0, 0.05) is 11.8 Å². The molecule has 1 aromatic heterocycles. The second-order valence-electron chi connectivity index (χ2n) is 3.11. The van der Waals surface area contributed by atoms with Crippen LogP contribution in [-0.2, 0) is 0 Å². The van der Waals surface area contributed by atoms with Crippen LogP contribution in [0.4, 0.5) is 10.1 Å². The smallest absolute Gasteiger partial charge is 0.151 e. The third-order valence-corrected chi connectivity index (χ3v) is 2.34. The fourth-order valence-electron chi connectivity index (χ4n) is 1.29. The van der Waals surface area contributed by atoms with Crippen LogP contribution in [0.3, 0.4) is 0 Å². The number of nitrogens with two attached hydrogens (primary N) is 1. The first-order valence-corrected chi connectivity index (χ1v) is 4.71. The van der Waals surface area contributed by atoms with Crippen LogP contribution in [0.25, 0.3) is 11.1 Å². The molecule has 0 unspecified atom stereocenters. The summed E-state index contributed by atoms with van der Waals surface area (Å²) >= 11 is 5.69. The number of anilines is 1. The number of nitrogens with zero attached hydrogens (tertiary/aromatic N) is 1. The van der Waals surface area contributed by atoms with Crippen LogP contribution in [0.15, 0.2) is 36.5 Å². The number of halogens is 2. The van der Waals surface area contributed by atoms with E-state index in [1.807, 2.05) is 0 Å². The van der Waals surface area contributed by atoms with E-state index in [1.165, 1.54) is 12.1 Å². The molecule has 1 heterocycles. The minimum absolute atomic E-state index is 0.259. The normalized spacial score (nSPS) is 10.3. The van der Waals surface area contributed by atoms with Gasteiger partial charge in [0.15, 0.2) is 5.15 Å². The zero-order valence-corrected chi connectivity index (χ0v) is 8.50. The molecule has 0 aliphatic heterocycles. The lowest BCUT2D eigenvalue weighted by molar-refractivity contribution is 0.628. The van der Waals surface area contributed by atoms with Gasteiger partial charge in [-0.3, -0.25) is 0 Å². The van der Waals surface area contributed by atoms with E-state index in [9.17, 15) is 4.39 Å². The fraction of sp³-hybridized carbons (Fsp3) is 0. The van der Waals surface area contributed by atoms with Crippen molar-refractivity contribution >= 4 is 17.3 Å². The molecule has 2 rings (SSSR count). The van der Waals surface area contributed by atoms with Gasteiger partial charge < -0.3 is 5.73 Å². The zero-order chi connectivity index (χ0) is 10.8. The predicted octanol–water partition coefficient (Wildman–Crippen LogP) is 3.12. The second-order valence-corrected chi connectivity index (χ2v) is 3.47. The highest BCUT2D eigenvalue weighted by Gasteiger charge is 2.02. The van der Waals surface area contributed by atoms with E-state index in [4.69, 9.17) is 17.3 Å². The zero-order valence-electron chi connectivity index (χ0n) is 7.74. The van der Waals surface area contributed by atoms with Gasteiger partial charge in [0.2, 0.25) is 0 Å². The second kappa shape index (κ2) is 3.87. The molecule has 4 heteroatoms. The Bertz CT molecular complexity index is 500. The van der Waals surface area contributed by atoms with Crippen molar-refractivity contribution in [1.29, 1.82) is 0 Å². The number of aromatic nitrogens is 1. The van der Waals surface area contributed by atoms with Crippen LogP contribution in [0.2, 0.25) is 5.15 Å². The van der Waals surface area contributed by atoms with Crippen molar-refractivity contribution in [1.82, 2.24) is 4.98 Å². The predicted molar refractivity (Wildman–Crippen MR) is 59.1 cm³/mol. The molecule has 0 amide bonds. The van der Waals surface area contributed by atoms with E-state index in [-0.39, 0.29) is 11.0 Å². The Morgan fingerprint density at radius 2 is 2.00 bits per heavy atom. The Kier molecular flexibility index (Phi) is 2.56. The summed E-state index contributed by atoms with van der Waals surface area (Å²) in [6, 6.07) is 7.90. The largest absolute Gasteiger partial charge is 0.396 e. The first-order valence-electron chi connectivity index (χ1n) is 4.34. The van der Waals surface area contributed by atoms with Gasteiger partial charge in [-0.1, -0.05) is 23.7 Å². The third-order valence-electron chi connectivity index (χ3n) is 2.02. The molecule has 2 nitrogen and oxygen atoms in total. The summed E-state index contributed by atoms with van der Waals surface area (Å²) in [5, 5.41) is 0.259. The van der Waals surface area contributed by atoms with Crippen molar-refractivity contribution in [3.63, 3.8) is 0 Å². The molecule has 0 aliphatic rings. The Balaban J connectivity index is 2.50. The Hall–Kier alpha value is -1.61. The lowest BCUT2D eigenvalue weighted by atomic mass is 10.1. The molecule has 0 atom stereocenters. The summed E-state index contributed by atoms with van der Waals surface area (Å²) in [6.45, 7) is 0. The summed E-state index contributed by atoms with van der Waals surface area (Å²) < 4.78 is 13.0. The van der Waals surface area contributed by atoms with Crippen LogP contribution in [0, 0.1) is 5.82 Å². The summed E-state index contributed by atoms with van der Waals surface area (Å²) in [6.07, 6.45) is 1.56. The maximum atomic E-state index is 13.0. The molecule has 2 N–H and O–H groups in total. The van der Waals surface area contributed by atoms with Gasteiger partial charge in [0.05, 0.1) is 5.69 Å². The van der Waals surface area contributed by atoms with Crippen LogP contribution in [0.1, 0.15) is 0 Å². The van der Waals surface area contributed by atoms with Gasteiger partial charge in [-0.25, -0.2) is 9.37 Å². The van der Waals surface area contributed by atoms with Gasteiger partial charge in [0.25, 0.3) is 0 Å². The highest BCUT2D eigenvalue weighted by Crippen LogP contribution is 2.24. The number of pyridine rings is 1. The Morgan fingerprint density at radius 1 is 1.20 bits per heavy atom. The van der Waals surface area contributed by atoms with Crippen molar-refractivity contribution in [3.8, 4) is 11.1 Å². The first kappa shape index (κ1) is 9.93. The molecule has 0 spiro atoms.